The SMILES string of the molecule is COc1ccc(-c2ccc(C(C)(C)N)c(=O)n2C)c(OC)c1. The first-order valence-corrected chi connectivity index (χ1v) is 7.01. The molecule has 0 aliphatic heterocycles. The third-order valence-electron chi connectivity index (χ3n) is 3.68. The van der Waals surface area contributed by atoms with Gasteiger partial charge in [0.15, 0.2) is 0 Å². The van der Waals surface area contributed by atoms with Crippen molar-refractivity contribution in [3.05, 3.63) is 46.2 Å². The number of pyridine rings is 1. The number of nitrogens with two attached hydrogens (primary N) is 1. The largest absolute Gasteiger partial charge is 0.497 e. The monoisotopic (exact) mass is 302 g/mol. The van der Waals surface area contributed by atoms with E-state index < -0.39 is 5.54 Å². The summed E-state index contributed by atoms with van der Waals surface area (Å²) in [7, 11) is 4.92. The predicted octanol–water partition coefficient (Wildman–Crippen LogP) is 2.26. The van der Waals surface area contributed by atoms with Crippen molar-refractivity contribution in [1.29, 1.82) is 0 Å². The fourth-order valence-electron chi connectivity index (χ4n) is 2.41. The van der Waals surface area contributed by atoms with E-state index in [1.165, 1.54) is 0 Å². The van der Waals surface area contributed by atoms with E-state index in [4.69, 9.17) is 15.2 Å². The van der Waals surface area contributed by atoms with Gasteiger partial charge in [0.25, 0.3) is 5.56 Å². The Labute approximate surface area is 130 Å². The van der Waals surface area contributed by atoms with Crippen molar-refractivity contribution in [3.63, 3.8) is 0 Å². The Kier molecular flexibility index (Phi) is 4.28. The quantitative estimate of drug-likeness (QED) is 0.941. The molecular formula is C17H22N2O3. The molecule has 0 unspecified atom stereocenters. The molecule has 0 radical (unpaired) electrons. The third kappa shape index (κ3) is 2.85. The van der Waals surface area contributed by atoms with E-state index in [9.17, 15) is 4.79 Å². The predicted molar refractivity (Wildman–Crippen MR) is 87.4 cm³/mol. The lowest BCUT2D eigenvalue weighted by atomic mass is 9.96. The van der Waals surface area contributed by atoms with Crippen molar-refractivity contribution >= 4 is 0 Å². The second-order valence-electron chi connectivity index (χ2n) is 5.78. The maximum Gasteiger partial charge on any atom is 0.255 e. The lowest BCUT2D eigenvalue weighted by Crippen LogP contribution is -2.37. The van der Waals surface area contributed by atoms with Crippen molar-refractivity contribution in [1.82, 2.24) is 4.57 Å². The van der Waals surface area contributed by atoms with Gasteiger partial charge in [-0.15, -0.1) is 0 Å². The summed E-state index contributed by atoms with van der Waals surface area (Å²) in [6.45, 7) is 3.63. The Hall–Kier alpha value is -2.27. The molecule has 5 nitrogen and oxygen atoms in total. The molecule has 0 aliphatic rings. The number of hydrogen-bond acceptors (Lipinski definition) is 4. The van der Waals surface area contributed by atoms with Crippen LogP contribution in [0.25, 0.3) is 11.3 Å². The normalized spacial score (nSPS) is 11.4. The van der Waals surface area contributed by atoms with E-state index in [2.05, 4.69) is 0 Å². The molecule has 2 rings (SSSR count). The van der Waals surface area contributed by atoms with Gasteiger partial charge in [-0.05, 0) is 38.1 Å². The fourth-order valence-corrected chi connectivity index (χ4v) is 2.41. The van der Waals surface area contributed by atoms with Crippen molar-refractivity contribution in [2.45, 2.75) is 19.4 Å². The highest BCUT2D eigenvalue weighted by atomic mass is 16.5. The summed E-state index contributed by atoms with van der Waals surface area (Å²) in [6.07, 6.45) is 0. The van der Waals surface area contributed by atoms with Crippen LogP contribution >= 0.6 is 0 Å². The van der Waals surface area contributed by atoms with Gasteiger partial charge in [-0.3, -0.25) is 4.79 Å². The average Bonchev–Trinajstić information content (AvgIpc) is 2.48. The maximum absolute atomic E-state index is 12.5. The summed E-state index contributed by atoms with van der Waals surface area (Å²) >= 11 is 0. The van der Waals surface area contributed by atoms with Crippen LogP contribution in [0.4, 0.5) is 0 Å². The first-order chi connectivity index (χ1) is 10.3. The number of aromatic nitrogens is 1. The van der Waals surface area contributed by atoms with Crippen LogP contribution in [0.2, 0.25) is 0 Å². The molecular weight excluding hydrogens is 280 g/mol. The minimum absolute atomic E-state index is 0.108. The average molecular weight is 302 g/mol. The Morgan fingerprint density at radius 2 is 1.77 bits per heavy atom. The highest BCUT2D eigenvalue weighted by Crippen LogP contribution is 2.32. The lowest BCUT2D eigenvalue weighted by molar-refractivity contribution is 0.395. The van der Waals surface area contributed by atoms with Gasteiger partial charge in [0.1, 0.15) is 11.5 Å². The number of benzene rings is 1. The zero-order valence-electron chi connectivity index (χ0n) is 13.6. The first-order valence-electron chi connectivity index (χ1n) is 7.01. The van der Waals surface area contributed by atoms with Crippen LogP contribution < -0.4 is 20.8 Å². The Bertz CT molecular complexity index is 743. The Balaban J connectivity index is 2.65. The van der Waals surface area contributed by atoms with Gasteiger partial charge >= 0.3 is 0 Å². The third-order valence-corrected chi connectivity index (χ3v) is 3.68. The minimum atomic E-state index is -0.683. The van der Waals surface area contributed by atoms with Crippen molar-refractivity contribution in [2.75, 3.05) is 14.2 Å². The molecule has 2 N–H and O–H groups in total. The summed E-state index contributed by atoms with van der Waals surface area (Å²) in [5.41, 5.74) is 7.42. The Morgan fingerprint density at radius 3 is 2.32 bits per heavy atom. The molecule has 0 bridgehead atoms. The highest BCUT2D eigenvalue weighted by molar-refractivity contribution is 5.69. The highest BCUT2D eigenvalue weighted by Gasteiger charge is 2.21. The van der Waals surface area contributed by atoms with Crippen molar-refractivity contribution in [2.24, 2.45) is 12.8 Å². The fraction of sp³-hybridized carbons (Fsp3) is 0.353. The van der Waals surface area contributed by atoms with Gasteiger partial charge in [0.05, 0.1) is 19.9 Å². The number of methoxy groups -OCH3 is 2. The van der Waals surface area contributed by atoms with Crippen LogP contribution in [-0.2, 0) is 12.6 Å². The van der Waals surface area contributed by atoms with Gasteiger partial charge in [-0.25, -0.2) is 0 Å². The van der Waals surface area contributed by atoms with Gasteiger partial charge in [-0.2, -0.15) is 0 Å². The molecule has 0 atom stereocenters. The van der Waals surface area contributed by atoms with Gasteiger partial charge in [0, 0.05) is 29.8 Å². The molecule has 0 amide bonds. The number of nitrogens with zero attached hydrogens (tertiary/aromatic N) is 1. The van der Waals surface area contributed by atoms with E-state index >= 15 is 0 Å². The van der Waals surface area contributed by atoms with Crippen LogP contribution in [0.5, 0.6) is 11.5 Å². The van der Waals surface area contributed by atoms with E-state index in [1.807, 2.05) is 32.0 Å². The van der Waals surface area contributed by atoms with Crippen molar-refractivity contribution in [3.8, 4) is 22.8 Å². The number of ether oxygens (including phenoxy) is 2. The molecule has 5 heteroatoms. The minimum Gasteiger partial charge on any atom is -0.497 e. The topological polar surface area (TPSA) is 66.5 Å². The van der Waals surface area contributed by atoms with Gasteiger partial charge < -0.3 is 19.8 Å². The molecule has 0 saturated carbocycles. The van der Waals surface area contributed by atoms with E-state index in [1.54, 1.807) is 38.0 Å². The van der Waals surface area contributed by atoms with Crippen molar-refractivity contribution < 1.29 is 9.47 Å². The Morgan fingerprint density at radius 1 is 1.09 bits per heavy atom. The molecule has 1 aromatic carbocycles. The number of rotatable bonds is 4. The summed E-state index contributed by atoms with van der Waals surface area (Å²) in [5.74, 6) is 1.35. The summed E-state index contributed by atoms with van der Waals surface area (Å²) in [5, 5.41) is 0. The molecule has 1 heterocycles. The maximum atomic E-state index is 12.5. The second kappa shape index (κ2) is 5.85. The standard InChI is InChI=1S/C17H22N2O3/c1-17(2,18)13-8-9-14(19(3)16(13)20)12-7-6-11(21-4)10-15(12)22-5/h6-10H,18H2,1-5H3. The van der Waals surface area contributed by atoms with Crippen LogP contribution in [0, 0.1) is 0 Å². The second-order valence-corrected chi connectivity index (χ2v) is 5.78. The zero-order chi connectivity index (χ0) is 16.5. The van der Waals surface area contributed by atoms with E-state index in [0.717, 1.165) is 11.3 Å². The van der Waals surface area contributed by atoms with Gasteiger partial charge in [0.2, 0.25) is 0 Å². The molecule has 118 valence electrons. The smallest absolute Gasteiger partial charge is 0.255 e. The molecule has 0 fully saturated rings. The molecule has 2 aromatic rings. The summed E-state index contributed by atoms with van der Waals surface area (Å²) < 4.78 is 12.2. The molecule has 0 spiro atoms. The van der Waals surface area contributed by atoms with Gasteiger partial charge in [-0.1, -0.05) is 0 Å². The van der Waals surface area contributed by atoms with Crippen LogP contribution in [0.15, 0.2) is 35.1 Å². The summed E-state index contributed by atoms with van der Waals surface area (Å²) in [4.78, 5) is 12.5. The van der Waals surface area contributed by atoms with Crippen LogP contribution in [0.1, 0.15) is 19.4 Å². The molecule has 22 heavy (non-hydrogen) atoms. The molecule has 1 aromatic heterocycles. The van der Waals surface area contributed by atoms with Crippen LogP contribution in [-0.4, -0.2) is 18.8 Å². The first kappa shape index (κ1) is 16.1. The lowest BCUT2D eigenvalue weighted by Gasteiger charge is -2.21. The summed E-state index contributed by atoms with van der Waals surface area (Å²) in [6, 6.07) is 9.17. The number of hydrogen-bond donors (Lipinski definition) is 1. The van der Waals surface area contributed by atoms with Crippen LogP contribution in [0.3, 0.4) is 0 Å². The van der Waals surface area contributed by atoms with E-state index in [-0.39, 0.29) is 5.56 Å². The molecule has 0 saturated heterocycles. The molecule has 0 aliphatic carbocycles. The van der Waals surface area contributed by atoms with E-state index in [0.29, 0.717) is 17.1 Å². The zero-order valence-corrected chi connectivity index (χ0v) is 13.6.